The molecule has 11 nitrogen and oxygen atoms in total. The van der Waals surface area contributed by atoms with Gasteiger partial charge in [0.2, 0.25) is 5.91 Å². The quantitative estimate of drug-likeness (QED) is 0.0873. The molecule has 0 aliphatic heterocycles. The fourth-order valence-corrected chi connectivity index (χ4v) is 6.39. The number of hydrogen-bond acceptors (Lipinski definition) is 8. The molecule has 0 aliphatic rings. The van der Waals surface area contributed by atoms with Gasteiger partial charge in [0.15, 0.2) is 5.82 Å². The molecule has 2 atom stereocenters. The van der Waals surface area contributed by atoms with Crippen molar-refractivity contribution in [2.45, 2.75) is 90.1 Å². The topological polar surface area (TPSA) is 165 Å². The Morgan fingerprint density at radius 1 is 0.778 bits per heavy atom. The van der Waals surface area contributed by atoms with Crippen LogP contribution in [0.3, 0.4) is 0 Å². The Hall–Kier alpha value is -5.10. The molecule has 0 fully saturated rings. The Balaban J connectivity index is 1.45. The second kappa shape index (κ2) is 19.3. The largest absolute Gasteiger partial charge is 0.494 e. The van der Waals surface area contributed by atoms with Gasteiger partial charge in [-0.1, -0.05) is 102 Å². The molecule has 0 radical (unpaired) electrons. The number of aliphatic carboxylic acids is 1. The van der Waals surface area contributed by atoms with E-state index in [4.69, 9.17) is 4.74 Å². The van der Waals surface area contributed by atoms with E-state index in [-0.39, 0.29) is 18.3 Å². The van der Waals surface area contributed by atoms with Gasteiger partial charge in [0.25, 0.3) is 5.91 Å². The van der Waals surface area contributed by atoms with Crippen molar-refractivity contribution in [3.8, 4) is 28.3 Å². The summed E-state index contributed by atoms with van der Waals surface area (Å²) in [6.07, 6.45) is 10.2. The van der Waals surface area contributed by atoms with Crippen LogP contribution < -0.4 is 15.4 Å². The number of aromatic nitrogens is 2. The van der Waals surface area contributed by atoms with Gasteiger partial charge in [-0.2, -0.15) is 0 Å². The zero-order chi connectivity index (χ0) is 39.3. The first-order valence-corrected chi connectivity index (χ1v) is 20.5. The highest BCUT2D eigenvalue weighted by atomic mass is 32.2. The third-order valence-electron chi connectivity index (χ3n) is 9.03. The van der Waals surface area contributed by atoms with E-state index in [2.05, 4.69) is 48.3 Å². The summed E-state index contributed by atoms with van der Waals surface area (Å²) in [4.78, 5) is 47.9. The van der Waals surface area contributed by atoms with Crippen LogP contribution in [0.5, 0.6) is 5.75 Å². The number of carbonyl (C=O) groups is 3. The first kappa shape index (κ1) is 41.7. The van der Waals surface area contributed by atoms with Crippen molar-refractivity contribution in [3.63, 3.8) is 0 Å². The molecule has 2 amide bonds. The first-order chi connectivity index (χ1) is 25.6. The highest BCUT2D eigenvalue weighted by Gasteiger charge is 2.28. The molecule has 12 heteroatoms. The molecule has 1 aromatic heterocycles. The maximum Gasteiger partial charge on any atom is 0.326 e. The van der Waals surface area contributed by atoms with E-state index >= 15 is 0 Å². The molecule has 0 spiro atoms. The minimum absolute atomic E-state index is 0.0364. The number of sulfone groups is 1. The Morgan fingerprint density at radius 2 is 1.39 bits per heavy atom. The average molecular weight is 757 g/mol. The van der Waals surface area contributed by atoms with Gasteiger partial charge >= 0.3 is 5.97 Å². The Morgan fingerprint density at radius 3 is 1.96 bits per heavy atom. The van der Waals surface area contributed by atoms with E-state index in [1.807, 2.05) is 48.5 Å². The lowest BCUT2D eigenvalue weighted by Gasteiger charge is -2.22. The summed E-state index contributed by atoms with van der Waals surface area (Å²) in [7, 11) is -3.48. The van der Waals surface area contributed by atoms with Gasteiger partial charge in [0, 0.05) is 41.8 Å². The summed E-state index contributed by atoms with van der Waals surface area (Å²) in [6.45, 7) is 9.08. The van der Waals surface area contributed by atoms with Crippen LogP contribution in [-0.4, -0.2) is 72.0 Å². The van der Waals surface area contributed by atoms with Crippen LogP contribution in [0.4, 0.5) is 0 Å². The van der Waals surface area contributed by atoms with E-state index in [0.29, 0.717) is 23.6 Å². The van der Waals surface area contributed by atoms with Crippen molar-refractivity contribution in [1.29, 1.82) is 0 Å². The van der Waals surface area contributed by atoms with Gasteiger partial charge in [-0.25, -0.2) is 23.2 Å². The van der Waals surface area contributed by atoms with Crippen molar-refractivity contribution in [1.82, 2.24) is 20.6 Å². The molecule has 0 saturated heterocycles. The number of nitrogens with one attached hydrogen (secondary N) is 2. The van der Waals surface area contributed by atoms with E-state index in [1.165, 1.54) is 25.7 Å². The van der Waals surface area contributed by atoms with Gasteiger partial charge in [0.05, 0.1) is 12.4 Å². The number of nitrogens with zero attached hydrogens (tertiary/aromatic N) is 2. The minimum Gasteiger partial charge on any atom is -0.494 e. The first-order valence-electron chi connectivity index (χ1n) is 18.4. The van der Waals surface area contributed by atoms with E-state index in [1.54, 1.807) is 36.7 Å². The van der Waals surface area contributed by atoms with Crippen LogP contribution in [0.2, 0.25) is 0 Å². The molecule has 2 unspecified atom stereocenters. The van der Waals surface area contributed by atoms with Gasteiger partial charge in [0.1, 0.15) is 27.7 Å². The van der Waals surface area contributed by atoms with Gasteiger partial charge in [-0.05, 0) is 59.2 Å². The summed E-state index contributed by atoms with van der Waals surface area (Å²) >= 11 is 0. The number of carbonyl (C=O) groups excluding carboxylic acids is 2. The smallest absolute Gasteiger partial charge is 0.326 e. The second-order valence-corrected chi connectivity index (χ2v) is 16.9. The predicted octanol–water partition coefficient (Wildman–Crippen LogP) is 6.80. The van der Waals surface area contributed by atoms with Gasteiger partial charge < -0.3 is 20.5 Å². The Bertz CT molecular complexity index is 1940. The maximum absolute atomic E-state index is 13.5. The molecule has 3 N–H and O–H groups in total. The molecule has 0 bridgehead atoms. The van der Waals surface area contributed by atoms with Crippen molar-refractivity contribution in [2.24, 2.45) is 0 Å². The molecule has 4 aromatic rings. The summed E-state index contributed by atoms with van der Waals surface area (Å²) < 4.78 is 29.3. The second-order valence-electron chi connectivity index (χ2n) is 14.7. The fourth-order valence-electron chi connectivity index (χ4n) is 5.73. The van der Waals surface area contributed by atoms with Gasteiger partial charge in [-0.15, -0.1) is 0 Å². The minimum atomic E-state index is -3.48. The zero-order valence-corrected chi connectivity index (χ0v) is 32.6. The molecule has 288 valence electrons. The molecule has 3 aromatic carbocycles. The number of carboxylic acids is 1. The lowest BCUT2D eigenvalue weighted by molar-refractivity contribution is -0.142. The Kier molecular flexibility index (Phi) is 14.9. The van der Waals surface area contributed by atoms with Crippen molar-refractivity contribution in [3.05, 3.63) is 102 Å². The third kappa shape index (κ3) is 13.1. The predicted molar refractivity (Wildman–Crippen MR) is 211 cm³/mol. The standard InChI is InChI=1S/C42H52N4O7S/c1-6-7-8-9-10-24-53-35-21-17-30(18-22-35)33-27-43-38(44-28-33)31-13-11-29(12-14-31)26-37(40(48)45-36(41(49)50)23-25-54(5,51)52)46-39(47)32-15-19-34(20-16-32)42(2,3)4/h11-22,27-28,36-37H,6-10,23-26H2,1-5H3,(H,45,48)(H,46,47)(H,49,50). The molecular weight excluding hydrogens is 705 g/mol. The van der Waals surface area contributed by atoms with E-state index in [0.717, 1.165) is 40.7 Å². The monoisotopic (exact) mass is 756 g/mol. The summed E-state index contributed by atoms with van der Waals surface area (Å²) in [5.41, 5.74) is 4.49. The number of rotatable bonds is 19. The molecule has 4 rings (SSSR count). The van der Waals surface area contributed by atoms with Crippen LogP contribution in [0.1, 0.15) is 87.7 Å². The molecule has 1 heterocycles. The average Bonchev–Trinajstić information content (AvgIpc) is 3.14. The number of hydrogen-bond donors (Lipinski definition) is 3. The SMILES string of the molecule is CCCCCCCOc1ccc(-c2cnc(-c3ccc(CC(NC(=O)c4ccc(C(C)(C)C)cc4)C(=O)NC(CCS(C)(=O)=O)C(=O)O)cc3)nc2)cc1. The van der Waals surface area contributed by atoms with Crippen LogP contribution >= 0.6 is 0 Å². The van der Waals surface area contributed by atoms with Crippen LogP contribution in [-0.2, 0) is 31.3 Å². The zero-order valence-electron chi connectivity index (χ0n) is 31.8. The summed E-state index contributed by atoms with van der Waals surface area (Å²) in [5.74, 6) is -1.73. The summed E-state index contributed by atoms with van der Waals surface area (Å²) in [6, 6.07) is 19.5. The maximum atomic E-state index is 13.5. The molecule has 54 heavy (non-hydrogen) atoms. The van der Waals surface area contributed by atoms with Crippen LogP contribution in [0.25, 0.3) is 22.5 Å². The number of benzene rings is 3. The number of carboxylic acid groups (broad SMARTS) is 1. The van der Waals surface area contributed by atoms with Crippen molar-refractivity contribution in [2.75, 3.05) is 18.6 Å². The highest BCUT2D eigenvalue weighted by molar-refractivity contribution is 7.90. The fraction of sp³-hybridized carbons (Fsp3) is 0.405. The number of amides is 2. The lowest BCUT2D eigenvalue weighted by Crippen LogP contribution is -2.52. The number of ether oxygens (including phenoxy) is 1. The van der Waals surface area contributed by atoms with E-state index in [9.17, 15) is 27.9 Å². The van der Waals surface area contributed by atoms with Crippen molar-refractivity contribution >= 4 is 27.6 Å². The molecule has 0 aliphatic carbocycles. The molecular formula is C42H52N4O7S. The van der Waals surface area contributed by atoms with E-state index < -0.39 is 45.5 Å². The number of unbranched alkanes of at least 4 members (excludes halogenated alkanes) is 4. The van der Waals surface area contributed by atoms with Crippen molar-refractivity contribution < 1.29 is 32.6 Å². The molecule has 0 saturated carbocycles. The normalized spacial score (nSPS) is 12.8. The van der Waals surface area contributed by atoms with Crippen LogP contribution in [0, 0.1) is 0 Å². The van der Waals surface area contributed by atoms with Gasteiger partial charge in [-0.3, -0.25) is 9.59 Å². The Labute approximate surface area is 318 Å². The third-order valence-corrected chi connectivity index (χ3v) is 10.0. The lowest BCUT2D eigenvalue weighted by atomic mass is 9.86. The van der Waals surface area contributed by atoms with Crippen LogP contribution in [0.15, 0.2) is 85.2 Å². The highest BCUT2D eigenvalue weighted by Crippen LogP contribution is 2.25. The summed E-state index contributed by atoms with van der Waals surface area (Å²) in [5, 5.41) is 14.9.